The fraction of sp³-hybridized carbons (Fsp3) is 0.552. The first-order chi connectivity index (χ1) is 18.7. The maximum absolute atomic E-state index is 12.3. The minimum absolute atomic E-state index is 0.0757. The number of carbonyl (C=O) groups excluding carboxylic acids is 1. The Hall–Kier alpha value is -3.14. The van der Waals surface area contributed by atoms with Crippen molar-refractivity contribution >= 4 is 17.3 Å². The molecule has 0 spiro atoms. The number of primary amides is 1. The second-order valence-electron chi connectivity index (χ2n) is 10.3. The number of halogens is 3. The predicted octanol–water partition coefficient (Wildman–Crippen LogP) is 5.38. The van der Waals surface area contributed by atoms with E-state index in [9.17, 15) is 13.2 Å². The molecule has 1 aliphatic heterocycles. The average Bonchev–Trinajstić information content (AvgIpc) is 3.15. The Labute approximate surface area is 228 Å². The predicted molar refractivity (Wildman–Crippen MR) is 147 cm³/mol. The number of alkyl halides is 3. The zero-order valence-electron chi connectivity index (χ0n) is 22.9. The SMILES string of the molecule is Cc1ccc2cn(C)nc2c1.FC(F)(F)COc1ccc2c(n1)CCN(CCC1CCCCC1)CC2.NC=O. The van der Waals surface area contributed by atoms with Crippen molar-refractivity contribution in [2.75, 3.05) is 26.2 Å². The molecule has 1 amide bonds. The van der Waals surface area contributed by atoms with E-state index in [4.69, 9.17) is 9.53 Å². The van der Waals surface area contributed by atoms with Gasteiger partial charge in [-0.3, -0.25) is 9.48 Å². The van der Waals surface area contributed by atoms with Gasteiger partial charge in [-0.25, -0.2) is 4.98 Å². The highest BCUT2D eigenvalue weighted by Gasteiger charge is 2.29. The lowest BCUT2D eigenvalue weighted by molar-refractivity contribution is -0.154. The largest absolute Gasteiger partial charge is 0.468 e. The molecule has 1 aromatic carbocycles. The van der Waals surface area contributed by atoms with Crippen LogP contribution in [0.5, 0.6) is 5.88 Å². The molecule has 0 atom stereocenters. The summed E-state index contributed by atoms with van der Waals surface area (Å²) in [6, 6.07) is 9.72. The zero-order chi connectivity index (χ0) is 28.3. The van der Waals surface area contributed by atoms with E-state index >= 15 is 0 Å². The molecule has 5 rings (SSSR count). The summed E-state index contributed by atoms with van der Waals surface area (Å²) < 4.78 is 43.4. The van der Waals surface area contributed by atoms with E-state index in [0.717, 1.165) is 55.2 Å². The van der Waals surface area contributed by atoms with Gasteiger partial charge in [-0.1, -0.05) is 50.3 Å². The number of aryl methyl sites for hydroxylation is 2. The van der Waals surface area contributed by atoms with Crippen molar-refractivity contribution in [1.29, 1.82) is 0 Å². The van der Waals surface area contributed by atoms with Crippen LogP contribution in [-0.2, 0) is 24.7 Å². The van der Waals surface area contributed by atoms with Gasteiger partial charge in [0.25, 0.3) is 0 Å². The quantitative estimate of drug-likeness (QED) is 0.434. The normalized spacial score (nSPS) is 16.2. The summed E-state index contributed by atoms with van der Waals surface area (Å²) in [5, 5.41) is 5.50. The number of hydrogen-bond donors (Lipinski definition) is 1. The fourth-order valence-electron chi connectivity index (χ4n) is 5.16. The van der Waals surface area contributed by atoms with Crippen molar-refractivity contribution in [2.24, 2.45) is 18.7 Å². The van der Waals surface area contributed by atoms with Crippen LogP contribution in [0, 0.1) is 12.8 Å². The Morgan fingerprint density at radius 1 is 1.10 bits per heavy atom. The topological polar surface area (TPSA) is 86.3 Å². The molecule has 39 heavy (non-hydrogen) atoms. The van der Waals surface area contributed by atoms with E-state index < -0.39 is 12.8 Å². The van der Waals surface area contributed by atoms with Gasteiger partial charge in [0.1, 0.15) is 0 Å². The number of aromatic nitrogens is 3. The van der Waals surface area contributed by atoms with E-state index in [1.165, 1.54) is 49.5 Å². The van der Waals surface area contributed by atoms with Crippen molar-refractivity contribution in [3.8, 4) is 5.88 Å². The molecule has 1 aliphatic carbocycles. The minimum atomic E-state index is -4.33. The van der Waals surface area contributed by atoms with Gasteiger partial charge in [0, 0.05) is 49.9 Å². The van der Waals surface area contributed by atoms with Crippen molar-refractivity contribution in [2.45, 2.75) is 64.5 Å². The second-order valence-corrected chi connectivity index (χ2v) is 10.3. The lowest BCUT2D eigenvalue weighted by Crippen LogP contribution is -2.29. The van der Waals surface area contributed by atoms with Gasteiger partial charge in [0.2, 0.25) is 12.3 Å². The molecule has 1 fully saturated rings. The van der Waals surface area contributed by atoms with Crippen LogP contribution in [-0.4, -0.2) is 58.5 Å². The van der Waals surface area contributed by atoms with E-state index in [1.807, 2.05) is 24.0 Å². The molecule has 7 nitrogen and oxygen atoms in total. The first-order valence-electron chi connectivity index (χ1n) is 13.6. The van der Waals surface area contributed by atoms with Gasteiger partial charge in [-0.2, -0.15) is 18.3 Å². The Morgan fingerprint density at radius 2 is 1.82 bits per heavy atom. The first-order valence-corrected chi connectivity index (χ1v) is 13.6. The molecule has 10 heteroatoms. The molecule has 1 saturated carbocycles. The van der Waals surface area contributed by atoms with Crippen LogP contribution in [0.15, 0.2) is 36.5 Å². The van der Waals surface area contributed by atoms with Crippen molar-refractivity contribution < 1.29 is 22.7 Å². The molecule has 0 bridgehead atoms. The number of benzene rings is 1. The van der Waals surface area contributed by atoms with Gasteiger partial charge in [0.15, 0.2) is 6.61 Å². The maximum atomic E-state index is 12.3. The Balaban J connectivity index is 0.000000247. The summed E-state index contributed by atoms with van der Waals surface area (Å²) in [5.41, 5.74) is 8.53. The van der Waals surface area contributed by atoms with Crippen molar-refractivity contribution in [3.63, 3.8) is 0 Å². The Bertz CT molecular complexity index is 1180. The lowest BCUT2D eigenvalue weighted by Gasteiger charge is -2.26. The van der Waals surface area contributed by atoms with Crippen LogP contribution in [0.2, 0.25) is 0 Å². The van der Waals surface area contributed by atoms with Gasteiger partial charge in [-0.15, -0.1) is 0 Å². The molecule has 0 saturated heterocycles. The van der Waals surface area contributed by atoms with Crippen LogP contribution in [0.3, 0.4) is 0 Å². The van der Waals surface area contributed by atoms with E-state index in [1.54, 1.807) is 6.07 Å². The fourth-order valence-corrected chi connectivity index (χ4v) is 5.16. The molecule has 3 aromatic rings. The van der Waals surface area contributed by atoms with E-state index in [0.29, 0.717) is 0 Å². The number of pyridine rings is 1. The summed E-state index contributed by atoms with van der Waals surface area (Å²) in [7, 11) is 1.94. The van der Waals surface area contributed by atoms with Gasteiger partial charge in [-0.05, 0) is 49.4 Å². The number of carbonyl (C=O) groups is 1. The first kappa shape index (κ1) is 30.4. The second kappa shape index (κ2) is 14.9. The van der Waals surface area contributed by atoms with E-state index in [-0.39, 0.29) is 12.3 Å². The van der Waals surface area contributed by atoms with Crippen LogP contribution in [0.25, 0.3) is 10.9 Å². The third-order valence-electron chi connectivity index (χ3n) is 7.14. The number of hydrogen-bond acceptors (Lipinski definition) is 5. The van der Waals surface area contributed by atoms with Crippen LogP contribution < -0.4 is 10.5 Å². The zero-order valence-corrected chi connectivity index (χ0v) is 22.9. The number of ether oxygens (including phenoxy) is 1. The van der Waals surface area contributed by atoms with Gasteiger partial charge in [0.05, 0.1) is 5.52 Å². The molecule has 3 heterocycles. The highest BCUT2D eigenvalue weighted by molar-refractivity contribution is 5.78. The summed E-state index contributed by atoms with van der Waals surface area (Å²) in [4.78, 5) is 15.4. The standard InChI is InChI=1S/C19H27F3N2O.C9H10N2.CH3NO/c20-19(21,22)14-25-18-7-6-16-9-12-24(13-10-17(16)23-18)11-8-15-4-2-1-3-5-15;1-7-3-4-8-6-11(2)10-9(8)5-7;2-1-3/h6-7,15H,1-5,8-14H2;3-6H,1-2H3;1H,(H2,2,3). The minimum Gasteiger partial charge on any atom is -0.468 e. The molecule has 2 N–H and O–H groups in total. The molecule has 2 aromatic heterocycles. The molecule has 214 valence electrons. The smallest absolute Gasteiger partial charge is 0.422 e. The van der Waals surface area contributed by atoms with Crippen LogP contribution in [0.4, 0.5) is 13.2 Å². The molecule has 0 unspecified atom stereocenters. The number of nitrogens with zero attached hydrogens (tertiary/aromatic N) is 4. The molecular weight excluding hydrogens is 507 g/mol. The monoisotopic (exact) mass is 547 g/mol. The summed E-state index contributed by atoms with van der Waals surface area (Å²) in [6.45, 7) is 3.84. The van der Waals surface area contributed by atoms with Gasteiger partial charge >= 0.3 is 6.18 Å². The van der Waals surface area contributed by atoms with Crippen LogP contribution >= 0.6 is 0 Å². The Kier molecular flexibility index (Phi) is 11.6. The number of amides is 1. The third-order valence-corrected chi connectivity index (χ3v) is 7.14. The number of rotatable bonds is 5. The highest BCUT2D eigenvalue weighted by atomic mass is 19.4. The maximum Gasteiger partial charge on any atom is 0.422 e. The third kappa shape index (κ3) is 10.5. The van der Waals surface area contributed by atoms with Crippen molar-refractivity contribution in [1.82, 2.24) is 19.7 Å². The van der Waals surface area contributed by atoms with Gasteiger partial charge < -0.3 is 15.4 Å². The number of nitrogens with two attached hydrogens (primary N) is 1. The van der Waals surface area contributed by atoms with E-state index in [2.05, 4.69) is 45.8 Å². The van der Waals surface area contributed by atoms with Crippen LogP contribution in [0.1, 0.15) is 55.3 Å². The Morgan fingerprint density at radius 3 is 2.54 bits per heavy atom. The molecule has 0 radical (unpaired) electrons. The lowest BCUT2D eigenvalue weighted by atomic mass is 9.87. The average molecular weight is 548 g/mol. The van der Waals surface area contributed by atoms with Crippen molar-refractivity contribution in [3.05, 3.63) is 53.3 Å². The summed E-state index contributed by atoms with van der Waals surface area (Å²) in [6.07, 6.45) is 7.78. The summed E-state index contributed by atoms with van der Waals surface area (Å²) >= 11 is 0. The summed E-state index contributed by atoms with van der Waals surface area (Å²) in [5.74, 6) is 0.951. The number of fused-ring (bicyclic) bond motifs is 2. The highest BCUT2D eigenvalue weighted by Crippen LogP contribution is 2.27. The molecule has 2 aliphatic rings. The molecular formula is C29H40F3N5O2.